The Morgan fingerprint density at radius 1 is 1.50 bits per heavy atom. The maximum absolute atomic E-state index is 12.0. The molecule has 18 heavy (non-hydrogen) atoms. The van der Waals surface area contributed by atoms with Crippen molar-refractivity contribution >= 4 is 16.8 Å². The second kappa shape index (κ2) is 5.18. The number of aromatic amines is 1. The number of H-pyrrole nitrogens is 1. The number of rotatable bonds is 4. The fraction of sp³-hybridized carbons (Fsp3) is 0.385. The van der Waals surface area contributed by atoms with Crippen molar-refractivity contribution in [2.45, 2.75) is 13.0 Å². The van der Waals surface area contributed by atoms with Crippen molar-refractivity contribution in [2.75, 3.05) is 20.6 Å². The molecule has 1 unspecified atom stereocenters. The molecule has 2 N–H and O–H groups in total. The quantitative estimate of drug-likeness (QED) is 0.853. The standard InChI is InChI=1S/C13H18N4O/c1-9(8-17(2)3)15-13(18)10-4-5-12-11(6-10)7-14-16-12/h4-7,9H,8H2,1-3H3,(H,14,16)(H,15,18). The van der Waals surface area contributed by atoms with Crippen molar-refractivity contribution in [1.29, 1.82) is 0 Å². The van der Waals surface area contributed by atoms with Gasteiger partial charge in [-0.15, -0.1) is 0 Å². The van der Waals surface area contributed by atoms with Crippen LogP contribution in [-0.4, -0.2) is 47.7 Å². The van der Waals surface area contributed by atoms with Gasteiger partial charge >= 0.3 is 0 Å². The van der Waals surface area contributed by atoms with Crippen molar-refractivity contribution in [1.82, 2.24) is 20.4 Å². The van der Waals surface area contributed by atoms with Crippen molar-refractivity contribution < 1.29 is 4.79 Å². The topological polar surface area (TPSA) is 61.0 Å². The maximum atomic E-state index is 12.0. The van der Waals surface area contributed by atoms with E-state index in [1.165, 1.54) is 0 Å². The summed E-state index contributed by atoms with van der Waals surface area (Å²) in [5.41, 5.74) is 1.60. The van der Waals surface area contributed by atoms with Crippen molar-refractivity contribution in [3.63, 3.8) is 0 Å². The first-order valence-corrected chi connectivity index (χ1v) is 5.95. The monoisotopic (exact) mass is 246 g/mol. The van der Waals surface area contributed by atoms with Gasteiger partial charge in [-0.2, -0.15) is 5.10 Å². The summed E-state index contributed by atoms with van der Waals surface area (Å²) in [4.78, 5) is 14.1. The normalized spacial score (nSPS) is 12.9. The highest BCUT2D eigenvalue weighted by molar-refractivity contribution is 5.97. The van der Waals surface area contributed by atoms with Crippen LogP contribution in [0.5, 0.6) is 0 Å². The molecule has 2 aromatic rings. The molecule has 1 aromatic carbocycles. The number of hydrogen-bond donors (Lipinski definition) is 2. The van der Waals surface area contributed by atoms with Gasteiger partial charge < -0.3 is 10.2 Å². The largest absolute Gasteiger partial charge is 0.348 e. The number of carbonyl (C=O) groups excluding carboxylic acids is 1. The summed E-state index contributed by atoms with van der Waals surface area (Å²) in [5, 5.41) is 10.7. The molecule has 0 saturated heterocycles. The van der Waals surface area contributed by atoms with Gasteiger partial charge in [-0.3, -0.25) is 9.89 Å². The van der Waals surface area contributed by atoms with Crippen molar-refractivity contribution in [3.05, 3.63) is 30.0 Å². The third kappa shape index (κ3) is 2.87. The van der Waals surface area contributed by atoms with Crippen LogP contribution in [0, 0.1) is 0 Å². The van der Waals surface area contributed by atoms with E-state index < -0.39 is 0 Å². The number of nitrogens with one attached hydrogen (secondary N) is 2. The van der Waals surface area contributed by atoms with Crippen LogP contribution in [0.3, 0.4) is 0 Å². The van der Waals surface area contributed by atoms with Gasteiger partial charge in [-0.25, -0.2) is 0 Å². The highest BCUT2D eigenvalue weighted by atomic mass is 16.1. The van der Waals surface area contributed by atoms with Crippen LogP contribution >= 0.6 is 0 Å². The number of fused-ring (bicyclic) bond motifs is 1. The molecular weight excluding hydrogens is 228 g/mol. The molecule has 1 atom stereocenters. The lowest BCUT2D eigenvalue weighted by Gasteiger charge is -2.18. The Kier molecular flexibility index (Phi) is 3.62. The van der Waals surface area contributed by atoms with Crippen molar-refractivity contribution in [3.8, 4) is 0 Å². The van der Waals surface area contributed by atoms with E-state index in [0.717, 1.165) is 17.4 Å². The highest BCUT2D eigenvalue weighted by Crippen LogP contribution is 2.12. The predicted molar refractivity (Wildman–Crippen MR) is 71.6 cm³/mol. The molecule has 0 fully saturated rings. The molecule has 1 amide bonds. The molecule has 0 saturated carbocycles. The minimum Gasteiger partial charge on any atom is -0.348 e. The third-order valence-electron chi connectivity index (χ3n) is 2.72. The zero-order chi connectivity index (χ0) is 13.1. The summed E-state index contributed by atoms with van der Waals surface area (Å²) in [5.74, 6) is -0.0487. The Bertz CT molecular complexity index is 547. The number of nitrogens with zero attached hydrogens (tertiary/aromatic N) is 2. The molecule has 5 nitrogen and oxygen atoms in total. The van der Waals surface area contributed by atoms with Crippen LogP contribution in [0.15, 0.2) is 24.4 Å². The maximum Gasteiger partial charge on any atom is 0.251 e. The van der Waals surface area contributed by atoms with Crippen LogP contribution in [0.2, 0.25) is 0 Å². The fourth-order valence-corrected chi connectivity index (χ4v) is 1.98. The Hall–Kier alpha value is -1.88. The van der Waals surface area contributed by atoms with E-state index >= 15 is 0 Å². The minimum atomic E-state index is -0.0487. The van der Waals surface area contributed by atoms with Crippen LogP contribution in [0.25, 0.3) is 10.9 Å². The molecule has 1 heterocycles. The lowest BCUT2D eigenvalue weighted by Crippen LogP contribution is -2.39. The predicted octanol–water partition coefficient (Wildman–Crippen LogP) is 1.24. The number of carbonyl (C=O) groups is 1. The van der Waals surface area contributed by atoms with Gasteiger partial charge in [0, 0.05) is 23.5 Å². The van der Waals surface area contributed by atoms with Gasteiger partial charge in [0.05, 0.1) is 11.7 Å². The lowest BCUT2D eigenvalue weighted by atomic mass is 10.1. The molecule has 0 bridgehead atoms. The Balaban J connectivity index is 2.08. The molecule has 0 spiro atoms. The van der Waals surface area contributed by atoms with Gasteiger partial charge in [-0.1, -0.05) is 0 Å². The number of benzene rings is 1. The van der Waals surface area contributed by atoms with Crippen LogP contribution in [-0.2, 0) is 0 Å². The number of amides is 1. The van der Waals surface area contributed by atoms with Gasteiger partial charge in [-0.05, 0) is 39.2 Å². The van der Waals surface area contributed by atoms with Crippen LogP contribution < -0.4 is 5.32 Å². The number of likely N-dealkylation sites (N-methyl/N-ethyl adjacent to an activating group) is 1. The molecule has 0 aliphatic rings. The number of aromatic nitrogens is 2. The Labute approximate surface area is 106 Å². The van der Waals surface area contributed by atoms with E-state index in [-0.39, 0.29) is 11.9 Å². The zero-order valence-electron chi connectivity index (χ0n) is 10.9. The Morgan fingerprint density at radius 2 is 2.28 bits per heavy atom. The molecule has 2 rings (SSSR count). The summed E-state index contributed by atoms with van der Waals surface area (Å²) in [7, 11) is 3.97. The first kappa shape index (κ1) is 12.6. The second-order valence-corrected chi connectivity index (χ2v) is 4.81. The molecule has 1 aromatic heterocycles. The highest BCUT2D eigenvalue weighted by Gasteiger charge is 2.11. The Morgan fingerprint density at radius 3 is 3.00 bits per heavy atom. The zero-order valence-corrected chi connectivity index (χ0v) is 10.9. The molecule has 0 aliphatic carbocycles. The molecular formula is C13H18N4O. The average Bonchev–Trinajstić information content (AvgIpc) is 2.74. The van der Waals surface area contributed by atoms with Gasteiger partial charge in [0.15, 0.2) is 0 Å². The minimum absolute atomic E-state index is 0.0487. The van der Waals surface area contributed by atoms with Gasteiger partial charge in [0.2, 0.25) is 0 Å². The molecule has 0 aliphatic heterocycles. The average molecular weight is 246 g/mol. The van der Waals surface area contributed by atoms with Crippen LogP contribution in [0.4, 0.5) is 0 Å². The van der Waals surface area contributed by atoms with E-state index in [2.05, 4.69) is 15.5 Å². The molecule has 0 radical (unpaired) electrons. The van der Waals surface area contributed by atoms with Crippen molar-refractivity contribution in [2.24, 2.45) is 0 Å². The fourth-order valence-electron chi connectivity index (χ4n) is 1.98. The summed E-state index contributed by atoms with van der Waals surface area (Å²) in [6.07, 6.45) is 1.72. The first-order valence-electron chi connectivity index (χ1n) is 5.95. The summed E-state index contributed by atoms with van der Waals surface area (Å²) < 4.78 is 0. The third-order valence-corrected chi connectivity index (χ3v) is 2.72. The van der Waals surface area contributed by atoms with E-state index in [1.54, 1.807) is 12.3 Å². The van der Waals surface area contributed by atoms with E-state index in [1.807, 2.05) is 38.1 Å². The van der Waals surface area contributed by atoms with E-state index in [0.29, 0.717) is 5.56 Å². The second-order valence-electron chi connectivity index (χ2n) is 4.81. The van der Waals surface area contributed by atoms with Gasteiger partial charge in [0.1, 0.15) is 0 Å². The number of hydrogen-bond acceptors (Lipinski definition) is 3. The summed E-state index contributed by atoms with van der Waals surface area (Å²) >= 11 is 0. The van der Waals surface area contributed by atoms with Gasteiger partial charge in [0.25, 0.3) is 5.91 Å². The van der Waals surface area contributed by atoms with Crippen LogP contribution in [0.1, 0.15) is 17.3 Å². The molecule has 5 heteroatoms. The smallest absolute Gasteiger partial charge is 0.251 e. The SMILES string of the molecule is CC(CN(C)C)NC(=O)c1ccc2[nH]ncc2c1. The van der Waals surface area contributed by atoms with E-state index in [4.69, 9.17) is 0 Å². The summed E-state index contributed by atoms with van der Waals surface area (Å²) in [6.45, 7) is 2.81. The molecule has 96 valence electrons. The summed E-state index contributed by atoms with van der Waals surface area (Å²) in [6, 6.07) is 5.63. The lowest BCUT2D eigenvalue weighted by molar-refractivity contribution is 0.0934. The first-order chi connectivity index (χ1) is 8.56. The van der Waals surface area contributed by atoms with E-state index in [9.17, 15) is 4.79 Å².